The molecule has 0 unspecified atom stereocenters. The first-order valence-corrected chi connectivity index (χ1v) is 3.92. The van der Waals surface area contributed by atoms with Crippen LogP contribution in [0.4, 0.5) is 8.78 Å². The summed E-state index contributed by atoms with van der Waals surface area (Å²) in [5.41, 5.74) is -1.01. The van der Waals surface area contributed by atoms with Gasteiger partial charge < -0.3 is 0 Å². The highest BCUT2D eigenvalue weighted by molar-refractivity contribution is 6.67. The molecule has 0 aromatic carbocycles. The summed E-state index contributed by atoms with van der Waals surface area (Å²) in [4.78, 5) is 14.0. The van der Waals surface area contributed by atoms with Crippen molar-refractivity contribution in [3.05, 3.63) is 28.5 Å². The third-order valence-corrected chi connectivity index (χ3v) is 1.70. The molecule has 0 aliphatic rings. The average molecular weight is 226 g/mol. The predicted molar refractivity (Wildman–Crippen MR) is 44.4 cm³/mol. The molecular weight excluding hydrogens is 223 g/mol. The van der Waals surface area contributed by atoms with Gasteiger partial charge in [0.05, 0.1) is 0 Å². The molecule has 0 fully saturated rings. The number of hydrogen-bond donors (Lipinski definition) is 0. The minimum Gasteiger partial charge on any atom is -0.274 e. The van der Waals surface area contributed by atoms with Crippen LogP contribution in [0, 0.1) is 0 Å². The summed E-state index contributed by atoms with van der Waals surface area (Å²) >= 11 is 10.4. The Balaban J connectivity index is 3.27. The molecule has 0 saturated heterocycles. The van der Waals surface area contributed by atoms with Crippen LogP contribution in [0.1, 0.15) is 22.5 Å². The van der Waals surface area contributed by atoms with Crippen molar-refractivity contribution in [1.29, 1.82) is 0 Å². The van der Waals surface area contributed by atoms with E-state index in [1.807, 2.05) is 0 Å². The van der Waals surface area contributed by atoms with Gasteiger partial charge in [0.25, 0.3) is 11.7 Å². The number of alkyl halides is 2. The number of carbonyl (C=O) groups excluding carboxylic acids is 1. The molecule has 0 radical (unpaired) electrons. The largest absolute Gasteiger partial charge is 0.274 e. The number of pyridine rings is 1. The van der Waals surface area contributed by atoms with Crippen LogP contribution in [0.2, 0.25) is 5.15 Å². The van der Waals surface area contributed by atoms with E-state index in [0.29, 0.717) is 0 Å². The van der Waals surface area contributed by atoms with E-state index in [4.69, 9.17) is 23.2 Å². The van der Waals surface area contributed by atoms with Gasteiger partial charge in [-0.1, -0.05) is 11.6 Å². The third kappa shape index (κ3) is 2.35. The zero-order valence-corrected chi connectivity index (χ0v) is 7.61. The van der Waals surface area contributed by atoms with E-state index in [1.165, 1.54) is 6.07 Å². The second-order valence-corrected chi connectivity index (χ2v) is 2.88. The lowest BCUT2D eigenvalue weighted by atomic mass is 10.2. The van der Waals surface area contributed by atoms with E-state index < -0.39 is 22.9 Å². The summed E-state index contributed by atoms with van der Waals surface area (Å²) in [5, 5.41) is -1.09. The average Bonchev–Trinajstić information content (AvgIpc) is 2.03. The number of nitrogens with zero attached hydrogens (tertiary/aromatic N) is 1. The van der Waals surface area contributed by atoms with Crippen molar-refractivity contribution in [3.63, 3.8) is 0 Å². The molecule has 0 bridgehead atoms. The van der Waals surface area contributed by atoms with Crippen LogP contribution in [0.5, 0.6) is 0 Å². The van der Waals surface area contributed by atoms with Crippen molar-refractivity contribution in [2.75, 3.05) is 0 Å². The van der Waals surface area contributed by atoms with E-state index in [9.17, 15) is 13.6 Å². The first kappa shape index (κ1) is 10.3. The number of halogens is 4. The highest BCUT2D eigenvalue weighted by atomic mass is 35.5. The fourth-order valence-corrected chi connectivity index (χ4v) is 1.08. The summed E-state index contributed by atoms with van der Waals surface area (Å²) in [5.74, 6) is 0. The predicted octanol–water partition coefficient (Wildman–Crippen LogP) is 3.05. The molecule has 0 spiro atoms. The van der Waals surface area contributed by atoms with E-state index in [2.05, 4.69) is 4.98 Å². The maximum Gasteiger partial charge on any atom is 0.271 e. The lowest BCUT2D eigenvalue weighted by Gasteiger charge is -2.03. The van der Waals surface area contributed by atoms with Crippen LogP contribution in [0.3, 0.4) is 0 Å². The van der Waals surface area contributed by atoms with Gasteiger partial charge in [-0.25, -0.2) is 13.8 Å². The van der Waals surface area contributed by atoms with Crippen molar-refractivity contribution in [2.24, 2.45) is 0 Å². The lowest BCUT2D eigenvalue weighted by Crippen LogP contribution is -2.01. The van der Waals surface area contributed by atoms with E-state index in [0.717, 1.165) is 6.07 Å². The van der Waals surface area contributed by atoms with Crippen LogP contribution in [-0.4, -0.2) is 10.2 Å². The lowest BCUT2D eigenvalue weighted by molar-refractivity contribution is 0.106. The molecule has 0 N–H and O–H groups in total. The molecule has 0 saturated carbocycles. The van der Waals surface area contributed by atoms with Crippen LogP contribution >= 0.6 is 23.2 Å². The van der Waals surface area contributed by atoms with Crippen molar-refractivity contribution in [3.8, 4) is 0 Å². The molecule has 70 valence electrons. The number of hydrogen-bond acceptors (Lipinski definition) is 2. The monoisotopic (exact) mass is 225 g/mol. The summed E-state index contributed by atoms with van der Waals surface area (Å²) in [6.07, 6.45) is -2.79. The van der Waals surface area contributed by atoms with Gasteiger partial charge in [0.1, 0.15) is 10.8 Å². The highest BCUT2D eigenvalue weighted by Crippen LogP contribution is 2.24. The van der Waals surface area contributed by atoms with Crippen molar-refractivity contribution < 1.29 is 13.6 Å². The Morgan fingerprint density at radius 2 is 2.08 bits per heavy atom. The first-order valence-electron chi connectivity index (χ1n) is 3.17. The summed E-state index contributed by atoms with van der Waals surface area (Å²) < 4.78 is 24.5. The Bertz CT molecular complexity index is 343. The molecule has 1 aromatic rings. The fraction of sp³-hybridized carbons (Fsp3) is 0.143. The Morgan fingerprint density at radius 1 is 1.46 bits per heavy atom. The van der Waals surface area contributed by atoms with Crippen molar-refractivity contribution in [1.82, 2.24) is 4.98 Å². The normalized spacial score (nSPS) is 10.5. The zero-order chi connectivity index (χ0) is 10.0. The Kier molecular flexibility index (Phi) is 3.17. The Morgan fingerprint density at radius 3 is 2.54 bits per heavy atom. The van der Waals surface area contributed by atoms with Gasteiger partial charge in [0, 0.05) is 5.56 Å². The van der Waals surface area contributed by atoms with E-state index in [-0.39, 0.29) is 5.15 Å². The van der Waals surface area contributed by atoms with Gasteiger partial charge in [-0.05, 0) is 23.7 Å². The molecule has 2 nitrogen and oxygen atoms in total. The SMILES string of the molecule is O=C(Cl)c1nc(Cl)ccc1C(F)F. The molecule has 0 atom stereocenters. The Hall–Kier alpha value is -0.740. The van der Waals surface area contributed by atoms with Gasteiger partial charge >= 0.3 is 0 Å². The third-order valence-electron chi connectivity index (χ3n) is 1.31. The quantitative estimate of drug-likeness (QED) is 0.572. The minimum absolute atomic E-state index is 0.0478. The molecule has 13 heavy (non-hydrogen) atoms. The highest BCUT2D eigenvalue weighted by Gasteiger charge is 2.18. The standard InChI is InChI=1S/C7H3Cl2F2NO/c8-4-2-1-3(7(10)11)5(12-4)6(9)13/h1-2,7H. The maximum atomic E-state index is 12.2. The summed E-state index contributed by atoms with van der Waals surface area (Å²) in [6, 6.07) is 2.20. The molecule has 1 aromatic heterocycles. The van der Waals surface area contributed by atoms with Crippen LogP contribution in [0.15, 0.2) is 12.1 Å². The molecule has 6 heteroatoms. The number of carbonyl (C=O) groups is 1. The summed E-state index contributed by atoms with van der Waals surface area (Å²) in [7, 11) is 0. The summed E-state index contributed by atoms with van der Waals surface area (Å²) in [6.45, 7) is 0. The second kappa shape index (κ2) is 3.98. The van der Waals surface area contributed by atoms with Gasteiger partial charge in [0.15, 0.2) is 0 Å². The molecule has 1 heterocycles. The van der Waals surface area contributed by atoms with Crippen LogP contribution < -0.4 is 0 Å². The van der Waals surface area contributed by atoms with Crippen molar-refractivity contribution in [2.45, 2.75) is 6.43 Å². The first-order chi connectivity index (χ1) is 6.02. The molecule has 0 aliphatic heterocycles. The van der Waals surface area contributed by atoms with Gasteiger partial charge in [0.2, 0.25) is 0 Å². The van der Waals surface area contributed by atoms with E-state index >= 15 is 0 Å². The van der Waals surface area contributed by atoms with Gasteiger partial charge in [-0.2, -0.15) is 0 Å². The maximum absolute atomic E-state index is 12.2. The number of aromatic nitrogens is 1. The smallest absolute Gasteiger partial charge is 0.271 e. The second-order valence-electron chi connectivity index (χ2n) is 2.15. The Labute approximate surface area is 82.5 Å². The molecular formula is C7H3Cl2F2NO. The number of rotatable bonds is 2. The van der Waals surface area contributed by atoms with Gasteiger partial charge in [-0.3, -0.25) is 4.79 Å². The van der Waals surface area contributed by atoms with Crippen LogP contribution in [-0.2, 0) is 0 Å². The minimum atomic E-state index is -2.79. The molecule has 0 aliphatic carbocycles. The molecule has 0 amide bonds. The van der Waals surface area contributed by atoms with Crippen LogP contribution in [0.25, 0.3) is 0 Å². The van der Waals surface area contributed by atoms with Crippen molar-refractivity contribution >= 4 is 28.4 Å². The topological polar surface area (TPSA) is 30.0 Å². The zero-order valence-electron chi connectivity index (χ0n) is 6.10. The molecule has 1 rings (SSSR count). The van der Waals surface area contributed by atoms with Gasteiger partial charge in [-0.15, -0.1) is 0 Å². The fourth-order valence-electron chi connectivity index (χ4n) is 0.780. The van der Waals surface area contributed by atoms with E-state index in [1.54, 1.807) is 0 Å².